The second kappa shape index (κ2) is 19.7. The van der Waals surface area contributed by atoms with Crippen LogP contribution in [0.15, 0.2) is 97.1 Å². The van der Waals surface area contributed by atoms with Crippen molar-refractivity contribution >= 4 is 47.1 Å². The molecule has 0 N–H and O–H groups in total. The first-order valence-electron chi connectivity index (χ1n) is 21.4. The zero-order valence-corrected chi connectivity index (χ0v) is 41.8. The lowest BCUT2D eigenvalue weighted by Gasteiger charge is -2.44. The van der Waals surface area contributed by atoms with Gasteiger partial charge in [-0.15, -0.1) is 0 Å². The Kier molecular flexibility index (Phi) is 16.2. The molecule has 324 valence electrons. The van der Waals surface area contributed by atoms with E-state index < -0.39 is 30.5 Å². The van der Waals surface area contributed by atoms with Crippen molar-refractivity contribution in [3.05, 3.63) is 108 Å². The van der Waals surface area contributed by atoms with Crippen molar-refractivity contribution in [3.63, 3.8) is 0 Å². The second-order valence-corrected chi connectivity index (χ2v) is 34.9. The van der Waals surface area contributed by atoms with Crippen LogP contribution in [0.2, 0.25) is 48.9 Å². The van der Waals surface area contributed by atoms with Gasteiger partial charge in [-0.3, -0.25) is 0 Å². The molecule has 1 saturated heterocycles. The molecule has 0 aromatic heterocycles. The molecule has 10 heteroatoms. The van der Waals surface area contributed by atoms with Crippen molar-refractivity contribution in [1.29, 1.82) is 0 Å². The Balaban J connectivity index is 1.63. The first kappa shape index (κ1) is 48.6. The molecular weight excluding hydrogens is 785 g/mol. The van der Waals surface area contributed by atoms with Gasteiger partial charge in [0.05, 0.1) is 31.5 Å². The lowest BCUT2D eigenvalue weighted by Crippen LogP contribution is -2.67. The maximum atomic E-state index is 13.3. The number of hydrogen-bond donors (Lipinski definition) is 0. The van der Waals surface area contributed by atoms with E-state index in [1.807, 2.05) is 26.0 Å². The highest BCUT2D eigenvalue weighted by Crippen LogP contribution is 2.41. The van der Waals surface area contributed by atoms with Crippen LogP contribution in [0.1, 0.15) is 91.1 Å². The van der Waals surface area contributed by atoms with Crippen molar-refractivity contribution in [2.75, 3.05) is 13.7 Å². The lowest BCUT2D eigenvalue weighted by atomic mass is 10.0. The van der Waals surface area contributed by atoms with Gasteiger partial charge in [0, 0.05) is 14.2 Å². The number of carbonyl (C=O) groups excluding carboxylic acids is 1. The summed E-state index contributed by atoms with van der Waals surface area (Å²) < 4.78 is 39.2. The Bertz CT molecular complexity index is 1810. The number of carbonyl (C=O) groups is 1. The maximum absolute atomic E-state index is 13.3. The second-order valence-electron chi connectivity index (χ2n) is 20.3. The molecule has 4 rings (SSSR count). The Morgan fingerprint density at radius 3 is 1.93 bits per heavy atom. The molecule has 3 aromatic rings. The third-order valence-electron chi connectivity index (χ3n) is 11.6. The molecule has 1 aliphatic heterocycles. The van der Waals surface area contributed by atoms with E-state index in [1.165, 1.54) is 10.4 Å². The number of rotatable bonds is 18. The van der Waals surface area contributed by atoms with Gasteiger partial charge in [0.25, 0.3) is 8.32 Å². The average molecular weight is 859 g/mol. The number of benzene rings is 3. The van der Waals surface area contributed by atoms with E-state index in [0.29, 0.717) is 30.8 Å². The van der Waals surface area contributed by atoms with Crippen LogP contribution in [0, 0.1) is 0 Å². The van der Waals surface area contributed by atoms with Gasteiger partial charge in [-0.25, -0.2) is 4.79 Å². The van der Waals surface area contributed by atoms with Gasteiger partial charge in [0.1, 0.15) is 11.9 Å². The fraction of sp³-hybridized carbons (Fsp3) is 0.531. The van der Waals surface area contributed by atoms with Crippen molar-refractivity contribution in [2.45, 2.75) is 154 Å². The highest BCUT2D eigenvalue weighted by molar-refractivity contribution is 6.99. The van der Waals surface area contributed by atoms with Crippen LogP contribution in [0.4, 0.5) is 0 Å². The van der Waals surface area contributed by atoms with Gasteiger partial charge in [-0.2, -0.15) is 0 Å². The number of ether oxygens (including phenoxy) is 4. The summed E-state index contributed by atoms with van der Waals surface area (Å²) in [7, 11) is -4.72. The molecular formula is C49H74O7Si3. The highest BCUT2D eigenvalue weighted by Gasteiger charge is 2.51. The number of esters is 1. The van der Waals surface area contributed by atoms with Crippen LogP contribution >= 0.6 is 0 Å². The van der Waals surface area contributed by atoms with Gasteiger partial charge in [0.15, 0.2) is 14.1 Å². The van der Waals surface area contributed by atoms with Crippen molar-refractivity contribution in [1.82, 2.24) is 0 Å². The Morgan fingerprint density at radius 1 is 0.814 bits per heavy atom. The topological polar surface area (TPSA) is 72.5 Å². The molecule has 0 saturated carbocycles. The van der Waals surface area contributed by atoms with Crippen LogP contribution in [0.3, 0.4) is 0 Å². The smallest absolute Gasteiger partial charge is 0.338 e. The standard InChI is InChI=1S/C49H74O7Si3/c1-37(55-59(48(5,6)7,40-26-18-16-19-27-40)41-28-20-17-21-29-41)24-22-31-44(56-58(14,15)47(2,3)4)45-43(53-49(8,9)54-45)30-23-25-38-36-39(51-10)32-33-42(38)46(50)52-34-35-57(11,12)13/h16-23,25-29,31-33,36-37,43-45H,24,30,34-35H2,1-15H3/b25-23+,31-22-/t37?,43-,44?,45-/m0/s1. The van der Waals surface area contributed by atoms with E-state index in [9.17, 15) is 4.79 Å². The summed E-state index contributed by atoms with van der Waals surface area (Å²) in [5, 5.41) is 2.39. The summed E-state index contributed by atoms with van der Waals surface area (Å²) in [5.41, 5.74) is 1.25. The summed E-state index contributed by atoms with van der Waals surface area (Å²) in [4.78, 5) is 13.3. The lowest BCUT2D eigenvalue weighted by molar-refractivity contribution is -0.151. The SMILES string of the molecule is COc1ccc(C(=O)OCC[Si](C)(C)C)c(/C=C/C[C@@H]2OC(C)(C)O[C@@H]2C(/C=C\CC(C)O[Si](c2ccccc2)(c2ccccc2)C(C)(C)C)O[Si](C)(C)C(C)(C)C)c1. The fourth-order valence-corrected chi connectivity index (χ4v) is 14.0. The van der Waals surface area contributed by atoms with E-state index >= 15 is 0 Å². The molecule has 1 fully saturated rings. The number of methoxy groups -OCH3 is 1. The summed E-state index contributed by atoms with van der Waals surface area (Å²) in [5.74, 6) is -0.470. The van der Waals surface area contributed by atoms with Gasteiger partial charge in [-0.05, 0) is 97.0 Å². The van der Waals surface area contributed by atoms with Gasteiger partial charge >= 0.3 is 5.97 Å². The van der Waals surface area contributed by atoms with E-state index in [0.717, 1.165) is 11.6 Å². The minimum atomic E-state index is -2.73. The summed E-state index contributed by atoms with van der Waals surface area (Å²) in [6.07, 6.45) is 8.59. The van der Waals surface area contributed by atoms with Crippen LogP contribution in [0.25, 0.3) is 6.08 Å². The van der Waals surface area contributed by atoms with Crippen LogP contribution in [0.5, 0.6) is 5.75 Å². The van der Waals surface area contributed by atoms with Crippen molar-refractivity contribution in [2.24, 2.45) is 0 Å². The van der Waals surface area contributed by atoms with Gasteiger partial charge in [-0.1, -0.05) is 146 Å². The molecule has 0 spiro atoms. The molecule has 2 unspecified atom stereocenters. The Hall–Kier alpha value is -3.10. The summed E-state index contributed by atoms with van der Waals surface area (Å²) in [6, 6.07) is 28.0. The minimum Gasteiger partial charge on any atom is -0.497 e. The molecule has 4 atom stereocenters. The molecule has 0 aliphatic carbocycles. The van der Waals surface area contributed by atoms with Crippen LogP contribution in [-0.2, 0) is 23.1 Å². The van der Waals surface area contributed by atoms with E-state index in [-0.39, 0.29) is 40.5 Å². The molecule has 0 bridgehead atoms. The third-order valence-corrected chi connectivity index (χ3v) is 22.9. The van der Waals surface area contributed by atoms with E-state index in [1.54, 1.807) is 19.2 Å². The normalized spacial score (nSPS) is 19.0. The maximum Gasteiger partial charge on any atom is 0.338 e. The summed E-state index contributed by atoms with van der Waals surface area (Å²) in [6.45, 7) is 31.7. The van der Waals surface area contributed by atoms with E-state index in [2.05, 4.69) is 160 Å². The number of hydrogen-bond acceptors (Lipinski definition) is 7. The average Bonchev–Trinajstić information content (AvgIpc) is 3.46. The molecule has 0 radical (unpaired) electrons. The predicted molar refractivity (Wildman–Crippen MR) is 253 cm³/mol. The quantitative estimate of drug-likeness (QED) is 0.0717. The molecule has 59 heavy (non-hydrogen) atoms. The molecule has 3 aromatic carbocycles. The monoisotopic (exact) mass is 858 g/mol. The first-order chi connectivity index (χ1) is 27.4. The first-order valence-corrected chi connectivity index (χ1v) is 29.9. The van der Waals surface area contributed by atoms with Crippen LogP contribution < -0.4 is 15.1 Å². The largest absolute Gasteiger partial charge is 0.497 e. The zero-order chi connectivity index (χ0) is 43.9. The molecule has 1 aliphatic rings. The predicted octanol–water partition coefficient (Wildman–Crippen LogP) is 11.4. The van der Waals surface area contributed by atoms with Crippen molar-refractivity contribution in [3.8, 4) is 5.75 Å². The van der Waals surface area contributed by atoms with Crippen molar-refractivity contribution < 1.29 is 32.6 Å². The zero-order valence-electron chi connectivity index (χ0n) is 38.8. The van der Waals surface area contributed by atoms with Gasteiger partial charge < -0.3 is 27.8 Å². The van der Waals surface area contributed by atoms with Gasteiger partial charge in [0.2, 0.25) is 0 Å². The highest BCUT2D eigenvalue weighted by atomic mass is 28.4. The Morgan fingerprint density at radius 2 is 1.41 bits per heavy atom. The minimum absolute atomic E-state index is 0.0183. The molecule has 0 amide bonds. The summed E-state index contributed by atoms with van der Waals surface area (Å²) >= 11 is 0. The fourth-order valence-electron chi connectivity index (χ4n) is 7.35. The van der Waals surface area contributed by atoms with Crippen LogP contribution in [-0.4, -0.2) is 74.6 Å². The molecule has 7 nitrogen and oxygen atoms in total. The Labute approximate surface area is 360 Å². The molecule has 1 heterocycles. The van der Waals surface area contributed by atoms with E-state index in [4.69, 9.17) is 27.8 Å². The third kappa shape index (κ3) is 13.0.